The van der Waals surface area contributed by atoms with Crippen molar-refractivity contribution in [3.8, 4) is 0 Å². The number of fused-ring (bicyclic) bond motifs is 1. The van der Waals surface area contributed by atoms with Crippen molar-refractivity contribution in [3.63, 3.8) is 0 Å². The number of carbonyl (C=O) groups is 1. The van der Waals surface area contributed by atoms with Gasteiger partial charge in [-0.3, -0.25) is 14.5 Å². The number of amides is 1. The highest BCUT2D eigenvalue weighted by Crippen LogP contribution is 2.29. The van der Waals surface area contributed by atoms with Crippen LogP contribution in [0, 0.1) is 19.7 Å². The molecule has 3 aromatic rings. The Balaban J connectivity index is 1.26. The van der Waals surface area contributed by atoms with Crippen molar-refractivity contribution in [2.45, 2.75) is 52.1 Å². The fraction of sp³-hybridized carbons (Fsp3) is 0.462. The van der Waals surface area contributed by atoms with Gasteiger partial charge < -0.3 is 15.2 Å². The van der Waals surface area contributed by atoms with Gasteiger partial charge in [0.2, 0.25) is 0 Å². The summed E-state index contributed by atoms with van der Waals surface area (Å²) in [6.07, 6.45) is 3.26. The summed E-state index contributed by atoms with van der Waals surface area (Å²) in [5.74, 6) is -0.523. The number of anilines is 1. The first kappa shape index (κ1) is 23.4. The molecule has 1 unspecified atom stereocenters. The molecule has 8 nitrogen and oxygen atoms in total. The maximum atomic E-state index is 15.3. The number of H-pyrrole nitrogens is 1. The molecule has 1 aliphatic heterocycles. The predicted molar refractivity (Wildman–Crippen MR) is 133 cm³/mol. The molecule has 2 fully saturated rings. The quantitative estimate of drug-likeness (QED) is 0.585. The van der Waals surface area contributed by atoms with E-state index in [1.54, 1.807) is 25.1 Å². The highest BCUT2D eigenvalue weighted by Gasteiger charge is 2.26. The molecule has 3 heterocycles. The molecule has 2 aromatic heterocycles. The van der Waals surface area contributed by atoms with Crippen LogP contribution < -0.4 is 15.8 Å². The fourth-order valence-electron chi connectivity index (χ4n) is 4.93. The lowest BCUT2D eigenvalue weighted by atomic mass is 9.93. The zero-order valence-corrected chi connectivity index (χ0v) is 20.4. The number of aryl methyl sites for hydroxylation is 2. The topological polar surface area (TPSA) is 94.2 Å². The Hall–Kier alpha value is -3.33. The number of aromatic nitrogens is 3. The zero-order valence-electron chi connectivity index (χ0n) is 20.4. The van der Waals surface area contributed by atoms with Gasteiger partial charge in [0.1, 0.15) is 16.9 Å². The van der Waals surface area contributed by atoms with Gasteiger partial charge in [0, 0.05) is 43.8 Å². The van der Waals surface area contributed by atoms with E-state index in [2.05, 4.69) is 30.1 Å². The van der Waals surface area contributed by atoms with Gasteiger partial charge in [-0.1, -0.05) is 6.07 Å². The minimum Gasteiger partial charge on any atom is -0.368 e. The molecule has 9 heteroatoms. The van der Waals surface area contributed by atoms with E-state index in [0.29, 0.717) is 22.5 Å². The van der Waals surface area contributed by atoms with Gasteiger partial charge in [-0.25, -0.2) is 14.4 Å². The highest BCUT2D eigenvalue weighted by molar-refractivity contribution is 5.93. The second-order valence-electron chi connectivity index (χ2n) is 9.62. The lowest BCUT2D eigenvalue weighted by molar-refractivity contribution is 0.0911. The number of hydrogen-bond donors (Lipinski definition) is 2. The smallest absolute Gasteiger partial charge is 0.270 e. The van der Waals surface area contributed by atoms with Crippen molar-refractivity contribution in [3.05, 3.63) is 63.1 Å². The maximum Gasteiger partial charge on any atom is 0.270 e. The largest absolute Gasteiger partial charge is 0.368 e. The van der Waals surface area contributed by atoms with Crippen LogP contribution >= 0.6 is 0 Å². The maximum absolute atomic E-state index is 15.3. The number of aromatic amines is 1. The van der Waals surface area contributed by atoms with Crippen LogP contribution in [0.5, 0.6) is 0 Å². The van der Waals surface area contributed by atoms with Crippen LogP contribution in [-0.4, -0.2) is 58.0 Å². The van der Waals surface area contributed by atoms with Crippen LogP contribution in [0.1, 0.15) is 59.7 Å². The minimum absolute atomic E-state index is 0.105. The van der Waals surface area contributed by atoms with Crippen LogP contribution in [0.25, 0.3) is 11.0 Å². The molecule has 2 N–H and O–H groups in total. The number of halogens is 1. The lowest BCUT2D eigenvalue weighted by Crippen LogP contribution is -2.47. The van der Waals surface area contributed by atoms with Crippen LogP contribution in [-0.2, 0) is 0 Å². The monoisotopic (exact) mass is 478 g/mol. The summed E-state index contributed by atoms with van der Waals surface area (Å²) in [5.41, 5.74) is 3.43. The number of carbonyl (C=O) groups excluding carboxylic acids is 1. The van der Waals surface area contributed by atoms with Gasteiger partial charge in [0.05, 0.1) is 16.9 Å². The van der Waals surface area contributed by atoms with Crippen LogP contribution in [0.4, 0.5) is 10.1 Å². The molecule has 1 aromatic carbocycles. The van der Waals surface area contributed by atoms with Crippen molar-refractivity contribution in [1.29, 1.82) is 0 Å². The summed E-state index contributed by atoms with van der Waals surface area (Å²) in [6.45, 7) is 8.59. The summed E-state index contributed by atoms with van der Waals surface area (Å²) in [7, 11) is 0. The number of hydrogen-bond acceptors (Lipinski definition) is 6. The van der Waals surface area contributed by atoms with Crippen molar-refractivity contribution in [1.82, 2.24) is 25.2 Å². The summed E-state index contributed by atoms with van der Waals surface area (Å²) < 4.78 is 15.3. The molecular formula is C26H31FN6O2. The molecule has 0 radical (unpaired) electrons. The molecule has 35 heavy (non-hydrogen) atoms. The first-order valence-electron chi connectivity index (χ1n) is 12.3. The Morgan fingerprint density at radius 1 is 1.09 bits per heavy atom. The first-order valence-corrected chi connectivity index (χ1v) is 12.3. The Morgan fingerprint density at radius 3 is 2.49 bits per heavy atom. The third-order valence-corrected chi connectivity index (χ3v) is 7.39. The molecule has 0 bridgehead atoms. The van der Waals surface area contributed by atoms with Gasteiger partial charge in [0.25, 0.3) is 11.5 Å². The van der Waals surface area contributed by atoms with Gasteiger partial charge in [-0.2, -0.15) is 0 Å². The lowest BCUT2D eigenvalue weighted by Gasteiger charge is -2.39. The molecular weight excluding hydrogens is 447 g/mol. The number of rotatable bonds is 5. The second-order valence-corrected chi connectivity index (χ2v) is 9.62. The van der Waals surface area contributed by atoms with E-state index < -0.39 is 5.82 Å². The van der Waals surface area contributed by atoms with Gasteiger partial charge in [-0.15, -0.1) is 0 Å². The van der Waals surface area contributed by atoms with Crippen LogP contribution in [0.15, 0.2) is 29.1 Å². The molecule has 1 saturated heterocycles. The Labute approximate surface area is 203 Å². The van der Waals surface area contributed by atoms with Crippen LogP contribution in [0.2, 0.25) is 0 Å². The average molecular weight is 479 g/mol. The number of piperazine rings is 1. The molecule has 5 rings (SSSR count). The third-order valence-electron chi connectivity index (χ3n) is 7.39. The first-order chi connectivity index (χ1) is 16.8. The summed E-state index contributed by atoms with van der Waals surface area (Å²) in [5, 5.41) is 3.04. The molecule has 1 amide bonds. The molecule has 2 aliphatic rings. The summed E-state index contributed by atoms with van der Waals surface area (Å²) in [4.78, 5) is 40.3. The molecule has 1 saturated carbocycles. The van der Waals surface area contributed by atoms with Crippen molar-refractivity contribution in [2.75, 3.05) is 31.1 Å². The minimum atomic E-state index is -0.419. The predicted octanol–water partition coefficient (Wildman–Crippen LogP) is 3.24. The standard InChI is InChI=1S/C26H31FN6O2/c1-15-22(10-9-21(28-15)26(35)30-18-5-4-6-18)33-13-11-32(12-14-33)17(3)19-7-8-20-24(23(19)27)31-25(34)16(2)29-20/h7-10,17-18H,4-6,11-14H2,1-3H3,(H,30,35)(H,31,34). The zero-order chi connectivity index (χ0) is 24.7. The van der Waals surface area contributed by atoms with Gasteiger partial charge in [-0.05, 0) is 58.2 Å². The van der Waals surface area contributed by atoms with Gasteiger partial charge in [0.15, 0.2) is 5.82 Å². The van der Waals surface area contributed by atoms with E-state index in [1.165, 1.54) is 6.42 Å². The number of nitrogens with one attached hydrogen (secondary N) is 2. The average Bonchev–Trinajstić information content (AvgIpc) is 2.82. The van der Waals surface area contributed by atoms with Crippen LogP contribution in [0.3, 0.4) is 0 Å². The van der Waals surface area contributed by atoms with Crippen molar-refractivity contribution >= 4 is 22.6 Å². The number of pyridine rings is 1. The van der Waals surface area contributed by atoms with E-state index >= 15 is 4.39 Å². The van der Waals surface area contributed by atoms with E-state index in [9.17, 15) is 9.59 Å². The molecule has 0 spiro atoms. The fourth-order valence-corrected chi connectivity index (χ4v) is 4.93. The second kappa shape index (κ2) is 9.37. The van der Waals surface area contributed by atoms with Crippen molar-refractivity contribution < 1.29 is 9.18 Å². The number of nitrogens with zero attached hydrogens (tertiary/aromatic N) is 4. The highest BCUT2D eigenvalue weighted by atomic mass is 19.1. The molecule has 1 atom stereocenters. The Bertz CT molecular complexity index is 1330. The van der Waals surface area contributed by atoms with E-state index in [1.807, 2.05) is 19.9 Å². The van der Waals surface area contributed by atoms with E-state index in [4.69, 9.17) is 0 Å². The normalized spacial score (nSPS) is 17.9. The summed E-state index contributed by atoms with van der Waals surface area (Å²) >= 11 is 0. The Kier molecular flexibility index (Phi) is 6.27. The molecule has 1 aliphatic carbocycles. The number of benzene rings is 1. The van der Waals surface area contributed by atoms with Gasteiger partial charge >= 0.3 is 0 Å². The van der Waals surface area contributed by atoms with E-state index in [-0.39, 0.29) is 29.1 Å². The SMILES string of the molecule is Cc1nc(C(=O)NC2CCC2)ccc1N1CCN(C(C)c2ccc3nc(C)c(=O)[nH]c3c2F)CC1. The third kappa shape index (κ3) is 4.52. The van der Waals surface area contributed by atoms with E-state index in [0.717, 1.165) is 50.4 Å². The molecule has 184 valence electrons. The van der Waals surface area contributed by atoms with Crippen molar-refractivity contribution in [2.24, 2.45) is 0 Å². The Morgan fingerprint density at radius 2 is 1.83 bits per heavy atom. The summed E-state index contributed by atoms with van der Waals surface area (Å²) in [6, 6.07) is 7.44.